The highest BCUT2D eigenvalue weighted by atomic mass is 19.1. The molecule has 43 heavy (non-hydrogen) atoms. The normalized spacial score (nSPS) is 18.4. The topological polar surface area (TPSA) is 107 Å². The number of benzene rings is 2. The summed E-state index contributed by atoms with van der Waals surface area (Å²) < 4.78 is 37.9. The predicted molar refractivity (Wildman–Crippen MR) is 159 cm³/mol. The molecular formula is C32H40F2N4O5. The number of nitrogens with one attached hydrogen (secondary N) is 1. The first kappa shape index (κ1) is 31.1. The second kappa shape index (κ2) is 13.9. The summed E-state index contributed by atoms with van der Waals surface area (Å²) in [5.74, 6) is -1.46. The molecule has 1 unspecified atom stereocenters. The molecule has 3 aromatic rings. The van der Waals surface area contributed by atoms with Gasteiger partial charge in [0.2, 0.25) is 0 Å². The maximum absolute atomic E-state index is 13.5. The maximum Gasteiger partial charge on any atom is 0.309 e. The number of carboxylic acids is 1. The minimum atomic E-state index is -0.943. The predicted octanol–water partition coefficient (Wildman–Crippen LogP) is 4.45. The smallest absolute Gasteiger partial charge is 0.309 e. The molecule has 0 bridgehead atoms. The Labute approximate surface area is 250 Å². The van der Waals surface area contributed by atoms with E-state index in [0.29, 0.717) is 83.1 Å². The lowest BCUT2D eigenvalue weighted by Gasteiger charge is -2.39. The highest BCUT2D eigenvalue weighted by Gasteiger charge is 2.41. The Morgan fingerprint density at radius 1 is 1.09 bits per heavy atom. The second-order valence-electron chi connectivity index (χ2n) is 11.5. The molecule has 0 radical (unpaired) electrons. The summed E-state index contributed by atoms with van der Waals surface area (Å²) in [5, 5.41) is 25.8. The minimum Gasteiger partial charge on any atom is -0.497 e. The van der Waals surface area contributed by atoms with Crippen LogP contribution >= 0.6 is 0 Å². The van der Waals surface area contributed by atoms with E-state index in [0.717, 1.165) is 41.2 Å². The third-order valence-electron chi connectivity index (χ3n) is 8.81. The number of hydrogen-bond donors (Lipinski definition) is 3. The third kappa shape index (κ3) is 7.59. The molecule has 5 rings (SSSR count). The molecule has 1 atom stereocenters. The average molecular weight is 599 g/mol. The van der Waals surface area contributed by atoms with Crippen LogP contribution in [0.2, 0.25) is 0 Å². The van der Waals surface area contributed by atoms with Crippen LogP contribution in [0.25, 0.3) is 10.9 Å². The van der Waals surface area contributed by atoms with Crippen molar-refractivity contribution in [2.75, 3.05) is 64.9 Å². The molecule has 1 aromatic heterocycles. The van der Waals surface area contributed by atoms with Crippen molar-refractivity contribution < 1.29 is 33.3 Å². The van der Waals surface area contributed by atoms with Crippen LogP contribution in [0.15, 0.2) is 42.6 Å². The zero-order valence-corrected chi connectivity index (χ0v) is 24.5. The van der Waals surface area contributed by atoms with Gasteiger partial charge in [-0.3, -0.25) is 14.7 Å². The number of rotatable bonds is 12. The van der Waals surface area contributed by atoms with E-state index in [1.807, 2.05) is 24.4 Å². The number of carbonyl (C=O) groups is 1. The summed E-state index contributed by atoms with van der Waals surface area (Å²) in [6.07, 6.45) is 2.48. The van der Waals surface area contributed by atoms with E-state index < -0.39 is 29.1 Å². The number of aliphatic carboxylic acids is 1. The van der Waals surface area contributed by atoms with Crippen molar-refractivity contribution in [2.24, 2.45) is 5.41 Å². The lowest BCUT2D eigenvalue weighted by Crippen LogP contribution is -2.45. The summed E-state index contributed by atoms with van der Waals surface area (Å²) in [6, 6.07) is 8.92. The molecule has 2 fully saturated rings. The summed E-state index contributed by atoms with van der Waals surface area (Å²) >= 11 is 0. The number of methoxy groups -OCH3 is 1. The van der Waals surface area contributed by atoms with Crippen LogP contribution in [0.1, 0.15) is 42.9 Å². The number of carboxylic acid groups (broad SMARTS) is 1. The van der Waals surface area contributed by atoms with Crippen molar-refractivity contribution in [3.63, 3.8) is 0 Å². The number of ether oxygens (including phenoxy) is 2. The van der Waals surface area contributed by atoms with Gasteiger partial charge in [-0.25, -0.2) is 8.78 Å². The van der Waals surface area contributed by atoms with E-state index >= 15 is 0 Å². The second-order valence-corrected chi connectivity index (χ2v) is 11.5. The van der Waals surface area contributed by atoms with Crippen molar-refractivity contribution in [1.29, 1.82) is 0 Å². The van der Waals surface area contributed by atoms with Gasteiger partial charge in [-0.2, -0.15) is 0 Å². The number of hydrogen-bond acceptors (Lipinski definition) is 8. The minimum absolute atomic E-state index is 0.297. The molecule has 0 spiro atoms. The average Bonchev–Trinajstić information content (AvgIpc) is 3.00. The highest BCUT2D eigenvalue weighted by molar-refractivity contribution is 5.85. The fraction of sp³-hybridized carbons (Fsp3) is 0.500. The van der Waals surface area contributed by atoms with Gasteiger partial charge in [-0.05, 0) is 80.2 Å². The molecule has 9 nitrogen and oxygen atoms in total. The van der Waals surface area contributed by atoms with E-state index in [1.165, 1.54) is 12.1 Å². The van der Waals surface area contributed by atoms with Gasteiger partial charge in [0.15, 0.2) is 0 Å². The fourth-order valence-corrected chi connectivity index (χ4v) is 6.23. The van der Waals surface area contributed by atoms with Gasteiger partial charge in [-0.1, -0.05) is 0 Å². The maximum atomic E-state index is 13.5. The summed E-state index contributed by atoms with van der Waals surface area (Å²) in [5.41, 5.74) is 1.86. The van der Waals surface area contributed by atoms with Gasteiger partial charge in [0.05, 0.1) is 37.4 Å². The van der Waals surface area contributed by atoms with Crippen LogP contribution in [0.5, 0.6) is 5.75 Å². The van der Waals surface area contributed by atoms with Crippen molar-refractivity contribution >= 4 is 22.6 Å². The number of pyridine rings is 1. The molecule has 3 heterocycles. The first-order valence-corrected chi connectivity index (χ1v) is 14.9. The molecule has 232 valence electrons. The number of aromatic nitrogens is 1. The van der Waals surface area contributed by atoms with Crippen LogP contribution in [-0.4, -0.2) is 90.6 Å². The monoisotopic (exact) mass is 598 g/mol. The van der Waals surface area contributed by atoms with Crippen LogP contribution < -0.4 is 10.1 Å². The van der Waals surface area contributed by atoms with Gasteiger partial charge >= 0.3 is 5.97 Å². The van der Waals surface area contributed by atoms with E-state index in [1.54, 1.807) is 7.11 Å². The number of anilines is 1. The van der Waals surface area contributed by atoms with Crippen molar-refractivity contribution in [3.8, 4) is 5.75 Å². The number of morpholine rings is 1. The molecule has 3 N–H and O–H groups in total. The first-order chi connectivity index (χ1) is 20.8. The van der Waals surface area contributed by atoms with Crippen LogP contribution in [0.3, 0.4) is 0 Å². The molecule has 2 aliphatic rings. The van der Waals surface area contributed by atoms with Crippen LogP contribution in [0, 0.1) is 17.0 Å². The lowest BCUT2D eigenvalue weighted by molar-refractivity contribution is -0.153. The van der Waals surface area contributed by atoms with Crippen molar-refractivity contribution in [3.05, 3.63) is 65.4 Å². The molecule has 2 saturated heterocycles. The number of aliphatic hydroxyl groups is 1. The Morgan fingerprint density at radius 3 is 2.49 bits per heavy atom. The van der Waals surface area contributed by atoms with Gasteiger partial charge in [0, 0.05) is 56.1 Å². The van der Waals surface area contributed by atoms with Crippen LogP contribution in [0.4, 0.5) is 14.5 Å². The quantitative estimate of drug-likeness (QED) is 0.279. The zero-order chi connectivity index (χ0) is 30.4. The molecule has 11 heteroatoms. The van der Waals surface area contributed by atoms with E-state index in [4.69, 9.17) is 9.47 Å². The highest BCUT2D eigenvalue weighted by Crippen LogP contribution is 2.40. The van der Waals surface area contributed by atoms with Gasteiger partial charge in [-0.15, -0.1) is 0 Å². The van der Waals surface area contributed by atoms with Crippen molar-refractivity contribution in [2.45, 2.75) is 38.3 Å². The standard InChI is InChI=1S/C32H40F2N4O5/c1-42-26-2-3-28-27(19-26)30(22(20-36-28)21-38-12-14-43-15-13-38)29(39)4-5-32(31(40)41)6-9-37(10-7-32)11-8-35-25-17-23(33)16-24(34)18-25/h2-3,16-20,29,35,39H,4-15,21H2,1H3,(H,40,41). The van der Waals surface area contributed by atoms with Crippen LogP contribution in [-0.2, 0) is 16.1 Å². The fourth-order valence-electron chi connectivity index (χ4n) is 6.23. The van der Waals surface area contributed by atoms with Gasteiger partial charge in [0.1, 0.15) is 17.4 Å². The zero-order valence-electron chi connectivity index (χ0n) is 24.5. The number of fused-ring (bicyclic) bond motifs is 1. The first-order valence-electron chi connectivity index (χ1n) is 14.9. The third-order valence-corrected chi connectivity index (χ3v) is 8.81. The number of halogens is 2. The lowest BCUT2D eigenvalue weighted by atomic mass is 9.73. The van der Waals surface area contributed by atoms with E-state index in [2.05, 4.69) is 20.1 Å². The molecule has 0 aliphatic carbocycles. The summed E-state index contributed by atoms with van der Waals surface area (Å²) in [4.78, 5) is 21.7. The molecular weight excluding hydrogens is 558 g/mol. The Hall–Kier alpha value is -3.38. The Morgan fingerprint density at radius 2 is 1.81 bits per heavy atom. The van der Waals surface area contributed by atoms with Crippen molar-refractivity contribution in [1.82, 2.24) is 14.8 Å². The summed E-state index contributed by atoms with van der Waals surface area (Å²) in [6.45, 7) is 5.77. The number of likely N-dealkylation sites (tertiary alicyclic amines) is 1. The SMILES string of the molecule is COc1ccc2ncc(CN3CCOCC3)c(C(O)CCC3(C(=O)O)CCN(CCNc4cc(F)cc(F)c4)CC3)c2c1. The number of piperidine rings is 1. The molecule has 0 amide bonds. The Bertz CT molecular complexity index is 1390. The molecule has 2 aromatic carbocycles. The van der Waals surface area contributed by atoms with Gasteiger partial charge in [0.25, 0.3) is 0 Å². The molecule has 0 saturated carbocycles. The largest absolute Gasteiger partial charge is 0.497 e. The molecule has 2 aliphatic heterocycles. The Kier molecular flexibility index (Phi) is 10.1. The Balaban J connectivity index is 1.25. The number of nitrogens with zero attached hydrogens (tertiary/aromatic N) is 3. The van der Waals surface area contributed by atoms with E-state index in [-0.39, 0.29) is 0 Å². The number of aliphatic hydroxyl groups excluding tert-OH is 1. The van der Waals surface area contributed by atoms with Gasteiger partial charge < -0.3 is 29.9 Å². The summed E-state index contributed by atoms with van der Waals surface area (Å²) in [7, 11) is 1.60. The van der Waals surface area contributed by atoms with E-state index in [9.17, 15) is 23.8 Å².